The minimum absolute atomic E-state index is 0.106. The summed E-state index contributed by atoms with van der Waals surface area (Å²) in [6.45, 7) is 0.350. The Balaban J connectivity index is 1.31. The number of amides is 1. The van der Waals surface area contributed by atoms with Crippen LogP contribution < -0.4 is 10.1 Å². The van der Waals surface area contributed by atoms with Crippen molar-refractivity contribution in [3.05, 3.63) is 82.6 Å². The molecule has 4 aromatic rings. The number of thiazole rings is 1. The van der Waals surface area contributed by atoms with E-state index >= 15 is 0 Å². The highest BCUT2D eigenvalue weighted by atomic mass is 32.1. The second-order valence-corrected chi connectivity index (χ2v) is 7.94. The number of nitrogens with one attached hydrogen (secondary N) is 1. The monoisotopic (exact) mass is 425 g/mol. The van der Waals surface area contributed by atoms with Crippen LogP contribution in [0.3, 0.4) is 0 Å². The molecule has 4 rings (SSSR count). The van der Waals surface area contributed by atoms with Crippen LogP contribution in [0.15, 0.2) is 65.5 Å². The van der Waals surface area contributed by atoms with Gasteiger partial charge in [0.2, 0.25) is 11.8 Å². The number of rotatable bonds is 7. The third-order valence-corrected chi connectivity index (χ3v) is 5.88. The molecule has 0 unspecified atom stereocenters. The van der Waals surface area contributed by atoms with Gasteiger partial charge in [0.1, 0.15) is 16.6 Å². The van der Waals surface area contributed by atoms with E-state index in [-0.39, 0.29) is 18.1 Å². The minimum atomic E-state index is -0.329. The van der Waals surface area contributed by atoms with Crippen LogP contribution in [0.25, 0.3) is 9.88 Å². The molecule has 0 aliphatic rings. The topological polar surface area (TPSA) is 64.1 Å². The quantitative estimate of drug-likeness (QED) is 0.450. The van der Waals surface area contributed by atoms with E-state index in [9.17, 15) is 9.18 Å². The van der Waals surface area contributed by atoms with Crippen LogP contribution in [-0.2, 0) is 17.8 Å². The van der Waals surface area contributed by atoms with Crippen molar-refractivity contribution in [1.29, 1.82) is 0 Å². The first-order chi connectivity index (χ1) is 14.2. The van der Waals surface area contributed by atoms with Crippen molar-refractivity contribution in [3.8, 4) is 21.5 Å². The van der Waals surface area contributed by atoms with Crippen molar-refractivity contribution in [2.45, 2.75) is 13.0 Å². The summed E-state index contributed by atoms with van der Waals surface area (Å²) in [5.74, 6) is 0.434. The highest BCUT2D eigenvalue weighted by molar-refractivity contribution is 7.20. The number of hydrogen-bond donors (Lipinski definition) is 1. The van der Waals surface area contributed by atoms with Crippen LogP contribution in [-0.4, -0.2) is 15.9 Å². The molecule has 1 N–H and O–H groups in total. The number of ether oxygens (including phenoxy) is 1. The number of pyridine rings is 1. The second kappa shape index (κ2) is 8.93. The predicted octanol–water partition coefficient (Wildman–Crippen LogP) is 5.06. The average molecular weight is 426 g/mol. The van der Waals surface area contributed by atoms with Gasteiger partial charge in [-0.1, -0.05) is 6.07 Å². The normalized spacial score (nSPS) is 10.7. The van der Waals surface area contributed by atoms with E-state index in [1.54, 1.807) is 29.7 Å². The van der Waals surface area contributed by atoms with Crippen molar-refractivity contribution in [3.63, 3.8) is 0 Å². The molecule has 29 heavy (non-hydrogen) atoms. The van der Waals surface area contributed by atoms with Crippen molar-refractivity contribution in [2.75, 3.05) is 0 Å². The summed E-state index contributed by atoms with van der Waals surface area (Å²) in [6.07, 6.45) is 1.83. The molecule has 0 radical (unpaired) electrons. The molecule has 0 saturated heterocycles. The van der Waals surface area contributed by atoms with Gasteiger partial charge in [-0.3, -0.25) is 4.79 Å². The molecule has 5 nitrogen and oxygen atoms in total. The van der Waals surface area contributed by atoms with Crippen LogP contribution in [0.5, 0.6) is 11.6 Å². The molecule has 0 bridgehead atoms. The van der Waals surface area contributed by atoms with Crippen molar-refractivity contribution in [1.82, 2.24) is 15.3 Å². The Morgan fingerprint density at radius 3 is 2.79 bits per heavy atom. The fourth-order valence-corrected chi connectivity index (χ4v) is 4.20. The summed E-state index contributed by atoms with van der Waals surface area (Å²) in [4.78, 5) is 22.0. The van der Waals surface area contributed by atoms with Crippen LogP contribution in [0.4, 0.5) is 4.39 Å². The van der Waals surface area contributed by atoms with E-state index in [0.717, 1.165) is 21.1 Å². The van der Waals surface area contributed by atoms with Gasteiger partial charge in [0.25, 0.3) is 0 Å². The molecule has 0 fully saturated rings. The third-order valence-electron chi connectivity index (χ3n) is 3.95. The zero-order valence-electron chi connectivity index (χ0n) is 15.2. The fraction of sp³-hybridized carbons (Fsp3) is 0.0952. The number of hydrogen-bond acceptors (Lipinski definition) is 6. The molecule has 0 atom stereocenters. The number of benzene rings is 1. The number of carbonyl (C=O) groups excluding carboxylic acids is 1. The number of halogens is 1. The number of nitrogens with zero attached hydrogens (tertiary/aromatic N) is 2. The van der Waals surface area contributed by atoms with E-state index in [2.05, 4.69) is 15.3 Å². The minimum Gasteiger partial charge on any atom is -0.439 e. The van der Waals surface area contributed by atoms with E-state index in [0.29, 0.717) is 18.2 Å². The Labute approximate surface area is 174 Å². The van der Waals surface area contributed by atoms with E-state index < -0.39 is 0 Å². The van der Waals surface area contributed by atoms with Crippen LogP contribution >= 0.6 is 22.7 Å². The first kappa shape index (κ1) is 19.2. The van der Waals surface area contributed by atoms with E-state index in [1.165, 1.54) is 35.6 Å². The molecular formula is C21H16FN3O2S2. The zero-order valence-corrected chi connectivity index (χ0v) is 16.8. The van der Waals surface area contributed by atoms with Gasteiger partial charge in [-0.05, 0) is 47.3 Å². The van der Waals surface area contributed by atoms with Gasteiger partial charge in [-0.15, -0.1) is 22.7 Å². The lowest BCUT2D eigenvalue weighted by molar-refractivity contribution is -0.120. The molecule has 8 heteroatoms. The Hall–Kier alpha value is -3.10. The number of aromatic nitrogens is 2. The smallest absolute Gasteiger partial charge is 0.226 e. The van der Waals surface area contributed by atoms with Gasteiger partial charge in [0.05, 0.1) is 17.0 Å². The largest absolute Gasteiger partial charge is 0.439 e. The van der Waals surface area contributed by atoms with Crippen LogP contribution in [0.1, 0.15) is 11.3 Å². The fourth-order valence-electron chi connectivity index (χ4n) is 2.57. The van der Waals surface area contributed by atoms with Gasteiger partial charge in [-0.25, -0.2) is 14.4 Å². The summed E-state index contributed by atoms with van der Waals surface area (Å²) < 4.78 is 18.6. The first-order valence-corrected chi connectivity index (χ1v) is 10.5. The zero-order chi connectivity index (χ0) is 20.1. The van der Waals surface area contributed by atoms with E-state index in [4.69, 9.17) is 4.74 Å². The third kappa shape index (κ3) is 5.24. The Kier molecular flexibility index (Phi) is 5.92. The summed E-state index contributed by atoms with van der Waals surface area (Å²) in [7, 11) is 0. The maximum atomic E-state index is 13.0. The Morgan fingerprint density at radius 1 is 1.14 bits per heavy atom. The van der Waals surface area contributed by atoms with Crippen molar-refractivity contribution >= 4 is 28.6 Å². The van der Waals surface area contributed by atoms with E-state index in [1.807, 2.05) is 22.9 Å². The molecule has 1 amide bonds. The van der Waals surface area contributed by atoms with Gasteiger partial charge in [0, 0.05) is 24.2 Å². The molecular weight excluding hydrogens is 409 g/mol. The molecule has 3 heterocycles. The van der Waals surface area contributed by atoms with Gasteiger partial charge >= 0.3 is 0 Å². The van der Waals surface area contributed by atoms with Gasteiger partial charge in [0.15, 0.2) is 0 Å². The molecule has 0 spiro atoms. The maximum absolute atomic E-state index is 13.0. The molecule has 3 aromatic heterocycles. The summed E-state index contributed by atoms with van der Waals surface area (Å²) >= 11 is 3.17. The molecule has 0 aliphatic carbocycles. The number of carbonyl (C=O) groups is 1. The molecule has 0 aliphatic heterocycles. The maximum Gasteiger partial charge on any atom is 0.226 e. The highest BCUT2D eigenvalue weighted by Gasteiger charge is 2.10. The first-order valence-electron chi connectivity index (χ1n) is 8.79. The number of thiophene rings is 1. The van der Waals surface area contributed by atoms with Crippen molar-refractivity contribution < 1.29 is 13.9 Å². The summed E-state index contributed by atoms with van der Waals surface area (Å²) in [5.41, 5.74) is 1.61. The standard InChI is InChI=1S/C21H16FN3O2S2/c22-15-3-5-17(6-4-15)27-20-10-14(7-8-23-20)12-24-19(26)11-16-13-29-21(25-16)18-2-1-9-28-18/h1-10,13H,11-12H2,(H,24,26). The summed E-state index contributed by atoms with van der Waals surface area (Å²) in [5, 5.41) is 7.73. The highest BCUT2D eigenvalue weighted by Crippen LogP contribution is 2.28. The average Bonchev–Trinajstić information content (AvgIpc) is 3.40. The Morgan fingerprint density at radius 2 is 2.00 bits per heavy atom. The lowest BCUT2D eigenvalue weighted by Crippen LogP contribution is -2.24. The van der Waals surface area contributed by atoms with Crippen molar-refractivity contribution in [2.24, 2.45) is 0 Å². The van der Waals surface area contributed by atoms with Crippen LogP contribution in [0, 0.1) is 5.82 Å². The molecule has 146 valence electrons. The van der Waals surface area contributed by atoms with Gasteiger partial charge < -0.3 is 10.1 Å². The summed E-state index contributed by atoms with van der Waals surface area (Å²) in [6, 6.07) is 13.2. The molecule has 0 saturated carbocycles. The van der Waals surface area contributed by atoms with Crippen LogP contribution in [0.2, 0.25) is 0 Å². The Bertz CT molecular complexity index is 1100. The predicted molar refractivity (Wildman–Crippen MR) is 112 cm³/mol. The lowest BCUT2D eigenvalue weighted by atomic mass is 10.2. The van der Waals surface area contributed by atoms with Gasteiger partial charge in [-0.2, -0.15) is 0 Å². The molecule has 1 aromatic carbocycles. The second-order valence-electron chi connectivity index (χ2n) is 6.13. The SMILES string of the molecule is O=C(Cc1csc(-c2cccs2)n1)NCc1ccnc(Oc2ccc(F)cc2)c1. The lowest BCUT2D eigenvalue weighted by Gasteiger charge is -2.08.